The summed E-state index contributed by atoms with van der Waals surface area (Å²) in [5, 5.41) is 4.41. The van der Waals surface area contributed by atoms with Gasteiger partial charge in [-0.05, 0) is 62.2 Å². The maximum atomic E-state index is 6.20. The molecule has 0 bridgehead atoms. The maximum absolute atomic E-state index is 6.20. The predicted octanol–water partition coefficient (Wildman–Crippen LogP) is 3.92. The fourth-order valence-corrected chi connectivity index (χ4v) is 3.11. The van der Waals surface area contributed by atoms with Gasteiger partial charge in [-0.15, -0.1) is 0 Å². The van der Waals surface area contributed by atoms with E-state index in [0.717, 1.165) is 28.1 Å². The number of halogens is 2. The Balaban J connectivity index is 1.84. The van der Waals surface area contributed by atoms with E-state index in [9.17, 15) is 0 Å². The van der Waals surface area contributed by atoms with E-state index in [0.29, 0.717) is 5.41 Å². The van der Waals surface area contributed by atoms with E-state index in [2.05, 4.69) is 46.2 Å². The predicted molar refractivity (Wildman–Crippen MR) is 85.7 cm³/mol. The third kappa shape index (κ3) is 4.45. The average Bonchev–Trinajstić information content (AvgIpc) is 2.38. The molecule has 0 saturated carbocycles. The zero-order chi connectivity index (χ0) is 13.9. The molecule has 0 atom stereocenters. The highest BCUT2D eigenvalue weighted by atomic mass is 79.9. The van der Waals surface area contributed by atoms with Crippen LogP contribution in [0.3, 0.4) is 0 Å². The molecule has 1 aromatic carbocycles. The zero-order valence-corrected chi connectivity index (χ0v) is 14.0. The van der Waals surface area contributed by atoms with Gasteiger partial charge in [0.1, 0.15) is 0 Å². The number of likely N-dealkylation sites (tertiary alicyclic amines) is 1. The van der Waals surface area contributed by atoms with Crippen molar-refractivity contribution < 1.29 is 0 Å². The van der Waals surface area contributed by atoms with Crippen LogP contribution >= 0.6 is 27.5 Å². The van der Waals surface area contributed by atoms with E-state index in [4.69, 9.17) is 11.6 Å². The SMILES string of the molecule is CN1CCC(C)(CNCc2cc(Br)ccc2Cl)CC1. The van der Waals surface area contributed by atoms with Crippen LogP contribution in [-0.4, -0.2) is 31.6 Å². The number of nitrogens with one attached hydrogen (secondary N) is 1. The number of benzene rings is 1. The van der Waals surface area contributed by atoms with Crippen LogP contribution in [-0.2, 0) is 6.54 Å². The third-order valence-electron chi connectivity index (χ3n) is 4.07. The molecule has 19 heavy (non-hydrogen) atoms. The first-order valence-corrected chi connectivity index (χ1v) is 7.99. The molecule has 0 unspecified atom stereocenters. The van der Waals surface area contributed by atoms with Crippen LogP contribution in [0.5, 0.6) is 0 Å². The number of hydrogen-bond donors (Lipinski definition) is 1. The van der Waals surface area contributed by atoms with Crippen LogP contribution in [0.1, 0.15) is 25.3 Å². The lowest BCUT2D eigenvalue weighted by atomic mass is 9.80. The summed E-state index contributed by atoms with van der Waals surface area (Å²) < 4.78 is 1.08. The van der Waals surface area contributed by atoms with Crippen LogP contribution in [0.25, 0.3) is 0 Å². The minimum atomic E-state index is 0.422. The smallest absolute Gasteiger partial charge is 0.0451 e. The zero-order valence-electron chi connectivity index (χ0n) is 11.7. The molecule has 106 valence electrons. The highest BCUT2D eigenvalue weighted by Crippen LogP contribution is 2.29. The molecule has 2 nitrogen and oxygen atoms in total. The minimum Gasteiger partial charge on any atom is -0.312 e. The standard InChI is InChI=1S/C15H22BrClN2/c1-15(5-7-19(2)8-6-15)11-18-10-12-9-13(16)3-4-14(12)17/h3-4,9,18H,5-8,10-11H2,1-2H3. The molecular weight excluding hydrogens is 324 g/mol. The number of nitrogens with zero attached hydrogens (tertiary/aromatic N) is 1. The van der Waals surface area contributed by atoms with Crippen molar-refractivity contribution in [2.24, 2.45) is 5.41 Å². The molecular formula is C15H22BrClN2. The molecule has 0 aromatic heterocycles. The van der Waals surface area contributed by atoms with Gasteiger partial charge in [0.15, 0.2) is 0 Å². The van der Waals surface area contributed by atoms with E-state index in [1.54, 1.807) is 0 Å². The van der Waals surface area contributed by atoms with Crippen molar-refractivity contribution in [1.82, 2.24) is 10.2 Å². The maximum Gasteiger partial charge on any atom is 0.0451 e. The van der Waals surface area contributed by atoms with Gasteiger partial charge in [-0.3, -0.25) is 0 Å². The fraction of sp³-hybridized carbons (Fsp3) is 0.600. The van der Waals surface area contributed by atoms with Gasteiger partial charge in [0, 0.05) is 22.6 Å². The molecule has 2 rings (SSSR count). The van der Waals surface area contributed by atoms with Crippen LogP contribution < -0.4 is 5.32 Å². The lowest BCUT2D eigenvalue weighted by molar-refractivity contribution is 0.137. The van der Waals surface area contributed by atoms with Crippen LogP contribution in [0, 0.1) is 5.41 Å². The molecule has 1 aliphatic rings. The van der Waals surface area contributed by atoms with Crippen molar-refractivity contribution in [3.05, 3.63) is 33.3 Å². The lowest BCUT2D eigenvalue weighted by Gasteiger charge is -2.38. The summed E-state index contributed by atoms with van der Waals surface area (Å²) in [5.74, 6) is 0. The summed E-state index contributed by atoms with van der Waals surface area (Å²) in [5.41, 5.74) is 1.58. The van der Waals surface area contributed by atoms with Gasteiger partial charge < -0.3 is 10.2 Å². The quantitative estimate of drug-likeness (QED) is 0.889. The molecule has 0 amide bonds. The van der Waals surface area contributed by atoms with Crippen LogP contribution in [0.15, 0.2) is 22.7 Å². The third-order valence-corrected chi connectivity index (χ3v) is 4.93. The molecule has 0 radical (unpaired) electrons. The first kappa shape index (κ1) is 15.3. The van der Waals surface area contributed by atoms with E-state index >= 15 is 0 Å². The van der Waals surface area contributed by atoms with Crippen molar-refractivity contribution in [3.8, 4) is 0 Å². The molecule has 1 aromatic rings. The monoisotopic (exact) mass is 344 g/mol. The second-order valence-electron chi connectivity index (χ2n) is 5.95. The summed E-state index contributed by atoms with van der Waals surface area (Å²) in [6.45, 7) is 6.69. The van der Waals surface area contributed by atoms with Gasteiger partial charge >= 0.3 is 0 Å². The summed E-state index contributed by atoms with van der Waals surface area (Å²) in [6, 6.07) is 6.01. The molecule has 1 N–H and O–H groups in total. The second-order valence-corrected chi connectivity index (χ2v) is 7.28. The Morgan fingerprint density at radius 2 is 2.05 bits per heavy atom. The molecule has 1 aliphatic heterocycles. The second kappa shape index (κ2) is 6.57. The Hall–Kier alpha value is -0.0900. The molecule has 0 spiro atoms. The number of piperidine rings is 1. The van der Waals surface area contributed by atoms with Gasteiger partial charge in [0.2, 0.25) is 0 Å². The Morgan fingerprint density at radius 1 is 1.37 bits per heavy atom. The van der Waals surface area contributed by atoms with Crippen molar-refractivity contribution in [2.75, 3.05) is 26.7 Å². The topological polar surface area (TPSA) is 15.3 Å². The van der Waals surface area contributed by atoms with Gasteiger partial charge in [0.05, 0.1) is 0 Å². The molecule has 0 aliphatic carbocycles. The summed E-state index contributed by atoms with van der Waals surface area (Å²) in [4.78, 5) is 2.41. The van der Waals surface area contributed by atoms with E-state index in [1.165, 1.54) is 25.9 Å². The molecule has 1 heterocycles. The number of hydrogen-bond acceptors (Lipinski definition) is 2. The lowest BCUT2D eigenvalue weighted by Crippen LogP contribution is -2.41. The Kier molecular flexibility index (Phi) is 5.29. The highest BCUT2D eigenvalue weighted by molar-refractivity contribution is 9.10. The molecule has 4 heteroatoms. The molecule has 1 saturated heterocycles. The highest BCUT2D eigenvalue weighted by Gasteiger charge is 2.28. The van der Waals surface area contributed by atoms with E-state index < -0.39 is 0 Å². The van der Waals surface area contributed by atoms with Crippen molar-refractivity contribution >= 4 is 27.5 Å². The Bertz CT molecular complexity index is 428. The normalized spacial score (nSPS) is 19.6. The minimum absolute atomic E-state index is 0.422. The van der Waals surface area contributed by atoms with Crippen molar-refractivity contribution in [2.45, 2.75) is 26.3 Å². The van der Waals surface area contributed by atoms with E-state index in [1.807, 2.05) is 12.1 Å². The van der Waals surface area contributed by atoms with Gasteiger partial charge in [-0.1, -0.05) is 34.5 Å². The van der Waals surface area contributed by atoms with Crippen LogP contribution in [0.2, 0.25) is 5.02 Å². The van der Waals surface area contributed by atoms with Gasteiger partial charge in [-0.2, -0.15) is 0 Å². The summed E-state index contributed by atoms with van der Waals surface area (Å²) in [7, 11) is 2.20. The fourth-order valence-electron chi connectivity index (χ4n) is 2.51. The first-order valence-electron chi connectivity index (χ1n) is 6.82. The van der Waals surface area contributed by atoms with Gasteiger partial charge in [0.25, 0.3) is 0 Å². The largest absolute Gasteiger partial charge is 0.312 e. The summed E-state index contributed by atoms with van der Waals surface area (Å²) in [6.07, 6.45) is 2.53. The first-order chi connectivity index (χ1) is 8.98. The van der Waals surface area contributed by atoms with Crippen molar-refractivity contribution in [1.29, 1.82) is 0 Å². The molecule has 1 fully saturated rings. The van der Waals surface area contributed by atoms with Crippen LogP contribution in [0.4, 0.5) is 0 Å². The van der Waals surface area contributed by atoms with Gasteiger partial charge in [-0.25, -0.2) is 0 Å². The van der Waals surface area contributed by atoms with Crippen molar-refractivity contribution in [3.63, 3.8) is 0 Å². The Morgan fingerprint density at radius 3 is 2.74 bits per heavy atom. The van der Waals surface area contributed by atoms with E-state index in [-0.39, 0.29) is 0 Å². The Labute approximate surface area is 129 Å². The number of rotatable bonds is 4. The summed E-state index contributed by atoms with van der Waals surface area (Å²) >= 11 is 9.69. The average molecular weight is 346 g/mol.